The van der Waals surface area contributed by atoms with Crippen LogP contribution in [0.15, 0.2) is 64.8 Å². The second-order valence-electron chi connectivity index (χ2n) is 6.69. The second-order valence-corrected chi connectivity index (χ2v) is 8.84. The van der Waals surface area contributed by atoms with Crippen LogP contribution in [0.2, 0.25) is 0 Å². The maximum absolute atomic E-state index is 11.6. The number of sulfone groups is 1. The summed E-state index contributed by atoms with van der Waals surface area (Å²) in [5.41, 5.74) is 2.10. The first-order chi connectivity index (χ1) is 12.9. The van der Waals surface area contributed by atoms with Gasteiger partial charge in [0.25, 0.3) is 0 Å². The van der Waals surface area contributed by atoms with Crippen LogP contribution in [0.4, 0.5) is 5.69 Å². The van der Waals surface area contributed by atoms with E-state index in [2.05, 4.69) is 10.2 Å². The normalized spacial score (nSPS) is 22.0. The summed E-state index contributed by atoms with van der Waals surface area (Å²) < 4.78 is 25.0. The van der Waals surface area contributed by atoms with Gasteiger partial charge in [-0.1, -0.05) is 48.5 Å². The van der Waals surface area contributed by atoms with Gasteiger partial charge in [-0.2, -0.15) is 5.11 Å². The lowest BCUT2D eigenvalue weighted by molar-refractivity contribution is 0.181. The molecule has 2 atom stereocenters. The van der Waals surface area contributed by atoms with Crippen LogP contribution >= 0.6 is 0 Å². The number of aliphatic hydroxyl groups excluding tert-OH is 1. The van der Waals surface area contributed by atoms with Crippen LogP contribution in [0.5, 0.6) is 5.88 Å². The molecule has 1 fully saturated rings. The number of aliphatic hydroxyl groups is 1. The van der Waals surface area contributed by atoms with Crippen molar-refractivity contribution in [1.29, 1.82) is 0 Å². The highest BCUT2D eigenvalue weighted by Crippen LogP contribution is 2.39. The van der Waals surface area contributed by atoms with E-state index in [0.29, 0.717) is 11.9 Å². The number of hydrogen-bond donors (Lipinski definition) is 2. The Bertz CT molecular complexity index is 1110. The molecule has 0 spiro atoms. The molecule has 2 heterocycles. The molecule has 140 valence electrons. The zero-order chi connectivity index (χ0) is 19.0. The lowest BCUT2D eigenvalue weighted by Gasteiger charge is -2.07. The monoisotopic (exact) mass is 385 g/mol. The van der Waals surface area contributed by atoms with Crippen molar-refractivity contribution >= 4 is 26.4 Å². The molecule has 27 heavy (non-hydrogen) atoms. The summed E-state index contributed by atoms with van der Waals surface area (Å²) in [6, 6.07) is 16.3. The maximum atomic E-state index is 11.6. The topological polar surface area (TPSA) is 104 Å². The largest absolute Gasteiger partial charge is 0.493 e. The van der Waals surface area contributed by atoms with Crippen LogP contribution in [0.3, 0.4) is 0 Å². The molecule has 4 rings (SSSR count). The first-order valence-corrected chi connectivity index (χ1v) is 10.4. The van der Waals surface area contributed by atoms with Crippen molar-refractivity contribution in [3.05, 3.63) is 60.2 Å². The molecular weight excluding hydrogens is 366 g/mol. The predicted octanol–water partition coefficient (Wildman–Crippen LogP) is 2.64. The molecule has 2 N–H and O–H groups in total. The minimum absolute atomic E-state index is 0.0425. The number of hydrogen-bond acceptors (Lipinski definition) is 6. The standard InChI is InChI=1S/C19H19N3O4S/c23-17-12-27(25,26)11-15(17)20-21-18-14-8-4-5-9-16(14)22(19(18)24)10-13-6-2-1-3-7-13/h1-9,15,17,23-24H,10-12H2/t15-,17-/m1/s1. The fourth-order valence-corrected chi connectivity index (χ4v) is 5.04. The molecule has 1 saturated heterocycles. The molecule has 2 aromatic carbocycles. The molecule has 1 aliphatic heterocycles. The fraction of sp³-hybridized carbons (Fsp3) is 0.263. The van der Waals surface area contributed by atoms with Crippen molar-refractivity contribution in [3.63, 3.8) is 0 Å². The van der Waals surface area contributed by atoms with Gasteiger partial charge in [-0.15, -0.1) is 5.11 Å². The Labute approximate surface area is 156 Å². The summed E-state index contributed by atoms with van der Waals surface area (Å²) in [4.78, 5) is 0. The number of rotatable bonds is 4. The van der Waals surface area contributed by atoms with Gasteiger partial charge in [-0.25, -0.2) is 8.42 Å². The van der Waals surface area contributed by atoms with Gasteiger partial charge in [0.05, 0.1) is 29.7 Å². The molecule has 0 bridgehead atoms. The van der Waals surface area contributed by atoms with Crippen LogP contribution in [0.25, 0.3) is 10.9 Å². The Balaban J connectivity index is 1.73. The molecule has 0 saturated carbocycles. The van der Waals surface area contributed by atoms with E-state index in [1.54, 1.807) is 4.57 Å². The van der Waals surface area contributed by atoms with Gasteiger partial charge in [0.2, 0.25) is 5.88 Å². The highest BCUT2D eigenvalue weighted by Gasteiger charge is 2.36. The molecule has 0 radical (unpaired) electrons. The quantitative estimate of drug-likeness (QED) is 0.674. The molecule has 1 aromatic heterocycles. The molecule has 1 aliphatic rings. The minimum Gasteiger partial charge on any atom is -0.493 e. The highest BCUT2D eigenvalue weighted by molar-refractivity contribution is 7.91. The first kappa shape index (κ1) is 17.7. The smallest absolute Gasteiger partial charge is 0.221 e. The number of benzene rings is 2. The van der Waals surface area contributed by atoms with Crippen molar-refractivity contribution in [1.82, 2.24) is 4.57 Å². The van der Waals surface area contributed by atoms with Crippen LogP contribution in [0, 0.1) is 0 Å². The molecule has 8 heteroatoms. The third-order valence-corrected chi connectivity index (χ3v) is 6.40. The van der Waals surface area contributed by atoms with Gasteiger partial charge in [0.15, 0.2) is 15.5 Å². The molecule has 0 amide bonds. The summed E-state index contributed by atoms with van der Waals surface area (Å²) in [6.45, 7) is 0.461. The summed E-state index contributed by atoms with van der Waals surface area (Å²) in [7, 11) is -3.31. The lowest BCUT2D eigenvalue weighted by Crippen LogP contribution is -2.20. The van der Waals surface area contributed by atoms with Gasteiger partial charge >= 0.3 is 0 Å². The van der Waals surface area contributed by atoms with Gasteiger partial charge in [-0.3, -0.25) is 0 Å². The summed E-state index contributed by atoms with van der Waals surface area (Å²) >= 11 is 0. The third kappa shape index (κ3) is 3.45. The third-order valence-electron chi connectivity index (χ3n) is 4.70. The van der Waals surface area contributed by atoms with Crippen molar-refractivity contribution in [3.8, 4) is 5.88 Å². The number of fused-ring (bicyclic) bond motifs is 1. The van der Waals surface area contributed by atoms with E-state index >= 15 is 0 Å². The van der Waals surface area contributed by atoms with Gasteiger partial charge in [-0.05, 0) is 11.6 Å². The lowest BCUT2D eigenvalue weighted by atomic mass is 10.2. The number of nitrogens with zero attached hydrogens (tertiary/aromatic N) is 3. The van der Waals surface area contributed by atoms with Crippen molar-refractivity contribution in [2.75, 3.05) is 11.5 Å². The van der Waals surface area contributed by atoms with E-state index in [-0.39, 0.29) is 23.1 Å². The fourth-order valence-electron chi connectivity index (χ4n) is 3.35. The summed E-state index contributed by atoms with van der Waals surface area (Å²) in [6.07, 6.45) is -1.07. The zero-order valence-electron chi connectivity index (χ0n) is 14.4. The van der Waals surface area contributed by atoms with Gasteiger partial charge in [0.1, 0.15) is 6.04 Å². The Kier molecular flexibility index (Phi) is 4.45. The first-order valence-electron chi connectivity index (χ1n) is 8.58. The summed E-state index contributed by atoms with van der Waals surface area (Å²) in [5, 5.41) is 29.5. The second kappa shape index (κ2) is 6.79. The average Bonchev–Trinajstić information content (AvgIpc) is 3.07. The molecule has 3 aromatic rings. The van der Waals surface area contributed by atoms with Crippen LogP contribution in [0.1, 0.15) is 5.56 Å². The van der Waals surface area contributed by atoms with E-state index in [0.717, 1.165) is 11.1 Å². The van der Waals surface area contributed by atoms with E-state index < -0.39 is 22.0 Å². The van der Waals surface area contributed by atoms with Crippen LogP contribution in [-0.2, 0) is 16.4 Å². The van der Waals surface area contributed by atoms with E-state index in [1.165, 1.54) is 0 Å². The summed E-state index contributed by atoms with van der Waals surface area (Å²) in [5.74, 6) is -0.585. The number of aromatic hydroxyl groups is 1. The minimum atomic E-state index is -3.31. The molecule has 0 unspecified atom stereocenters. The zero-order valence-corrected chi connectivity index (χ0v) is 15.2. The van der Waals surface area contributed by atoms with Gasteiger partial charge in [0, 0.05) is 5.39 Å². The SMILES string of the molecule is O=S1(=O)C[C@@H](O)[C@H](N=Nc2c(O)n(Cc3ccccc3)c3ccccc23)C1. The Morgan fingerprint density at radius 2 is 1.74 bits per heavy atom. The van der Waals surface area contributed by atoms with Crippen LogP contribution in [-0.4, -0.2) is 46.8 Å². The Morgan fingerprint density at radius 1 is 1.04 bits per heavy atom. The van der Waals surface area contributed by atoms with Crippen molar-refractivity contribution < 1.29 is 18.6 Å². The predicted molar refractivity (Wildman–Crippen MR) is 102 cm³/mol. The average molecular weight is 385 g/mol. The molecule has 7 nitrogen and oxygen atoms in total. The molecular formula is C19H19N3O4S. The number of aromatic nitrogens is 1. The van der Waals surface area contributed by atoms with E-state index in [9.17, 15) is 18.6 Å². The Hall–Kier alpha value is -2.71. The van der Waals surface area contributed by atoms with E-state index in [1.807, 2.05) is 54.6 Å². The van der Waals surface area contributed by atoms with Crippen LogP contribution < -0.4 is 0 Å². The van der Waals surface area contributed by atoms with E-state index in [4.69, 9.17) is 0 Å². The van der Waals surface area contributed by atoms with Crippen molar-refractivity contribution in [2.45, 2.75) is 18.7 Å². The number of azo groups is 1. The number of para-hydroxylation sites is 1. The Morgan fingerprint density at radius 3 is 2.44 bits per heavy atom. The van der Waals surface area contributed by atoms with Crippen molar-refractivity contribution in [2.24, 2.45) is 10.2 Å². The maximum Gasteiger partial charge on any atom is 0.221 e. The molecule has 0 aliphatic carbocycles. The van der Waals surface area contributed by atoms with Gasteiger partial charge < -0.3 is 14.8 Å². The highest BCUT2D eigenvalue weighted by atomic mass is 32.2.